The summed E-state index contributed by atoms with van der Waals surface area (Å²) in [6.45, 7) is 1.81. The Bertz CT molecular complexity index is 327. The van der Waals surface area contributed by atoms with Crippen molar-refractivity contribution in [1.82, 2.24) is 10.2 Å². The lowest BCUT2D eigenvalue weighted by Crippen LogP contribution is -2.48. The summed E-state index contributed by atoms with van der Waals surface area (Å²) in [5, 5.41) is 3.18. The quantitative estimate of drug-likeness (QED) is 0.784. The molecule has 0 spiro atoms. The van der Waals surface area contributed by atoms with Crippen LogP contribution in [0.4, 0.5) is 0 Å². The van der Waals surface area contributed by atoms with Gasteiger partial charge in [-0.3, -0.25) is 14.5 Å². The average molecular weight is 267 g/mol. The van der Waals surface area contributed by atoms with Crippen molar-refractivity contribution in [3.05, 3.63) is 0 Å². The van der Waals surface area contributed by atoms with E-state index in [1.54, 1.807) is 0 Å². The van der Waals surface area contributed by atoms with E-state index in [0.29, 0.717) is 12.6 Å². The Kier molecular flexibility index (Phi) is 5.19. The topological polar surface area (TPSA) is 75.4 Å². The van der Waals surface area contributed by atoms with Crippen LogP contribution >= 0.6 is 0 Å². The molecule has 108 valence electrons. The maximum Gasteiger partial charge on any atom is 0.231 e. The van der Waals surface area contributed by atoms with E-state index in [1.807, 2.05) is 4.90 Å². The molecule has 1 heterocycles. The number of likely N-dealkylation sites (tertiary alicyclic amines) is 1. The number of carbonyl (C=O) groups is 2. The van der Waals surface area contributed by atoms with Gasteiger partial charge in [-0.1, -0.05) is 19.3 Å². The van der Waals surface area contributed by atoms with Crippen LogP contribution in [0.2, 0.25) is 0 Å². The van der Waals surface area contributed by atoms with Crippen LogP contribution in [0.5, 0.6) is 0 Å². The van der Waals surface area contributed by atoms with E-state index >= 15 is 0 Å². The monoisotopic (exact) mass is 267 g/mol. The molecule has 1 aliphatic carbocycles. The Morgan fingerprint density at radius 2 is 1.84 bits per heavy atom. The van der Waals surface area contributed by atoms with Crippen molar-refractivity contribution in [1.29, 1.82) is 0 Å². The van der Waals surface area contributed by atoms with Gasteiger partial charge >= 0.3 is 0 Å². The lowest BCUT2D eigenvalue weighted by atomic mass is 9.93. The summed E-state index contributed by atoms with van der Waals surface area (Å²) >= 11 is 0. The number of nitrogens with one attached hydrogen (secondary N) is 1. The molecule has 19 heavy (non-hydrogen) atoms. The fourth-order valence-electron chi connectivity index (χ4n) is 3.20. The van der Waals surface area contributed by atoms with E-state index in [4.69, 9.17) is 5.73 Å². The maximum absolute atomic E-state index is 12.2. The summed E-state index contributed by atoms with van der Waals surface area (Å²) in [6, 6.07) is 0.368. The fourth-order valence-corrected chi connectivity index (χ4v) is 3.20. The van der Waals surface area contributed by atoms with Crippen LogP contribution in [0.25, 0.3) is 0 Å². The first-order valence-electron chi connectivity index (χ1n) is 7.46. The molecule has 2 amide bonds. The van der Waals surface area contributed by atoms with Crippen LogP contribution in [-0.4, -0.2) is 42.4 Å². The number of rotatable bonds is 4. The van der Waals surface area contributed by atoms with Gasteiger partial charge in [0.2, 0.25) is 11.8 Å². The number of primary amides is 1. The first-order valence-corrected chi connectivity index (χ1v) is 7.46. The van der Waals surface area contributed by atoms with Crippen LogP contribution in [0, 0.1) is 5.92 Å². The van der Waals surface area contributed by atoms with Gasteiger partial charge in [-0.2, -0.15) is 0 Å². The molecule has 2 aliphatic rings. The summed E-state index contributed by atoms with van der Waals surface area (Å²) in [6.07, 6.45) is 7.87. The van der Waals surface area contributed by atoms with Crippen LogP contribution in [-0.2, 0) is 9.59 Å². The van der Waals surface area contributed by atoms with E-state index < -0.39 is 0 Å². The van der Waals surface area contributed by atoms with Crippen molar-refractivity contribution in [2.45, 2.75) is 51.0 Å². The summed E-state index contributed by atoms with van der Waals surface area (Å²) in [5.41, 5.74) is 5.21. The summed E-state index contributed by atoms with van der Waals surface area (Å²) in [7, 11) is 0. The number of hydrogen-bond acceptors (Lipinski definition) is 3. The zero-order chi connectivity index (χ0) is 13.7. The summed E-state index contributed by atoms with van der Waals surface area (Å²) < 4.78 is 0. The molecule has 0 radical (unpaired) electrons. The minimum atomic E-state index is -0.312. The molecule has 1 atom stereocenters. The molecule has 1 aliphatic heterocycles. The molecule has 3 N–H and O–H groups in total. The van der Waals surface area contributed by atoms with E-state index in [-0.39, 0.29) is 24.3 Å². The highest BCUT2D eigenvalue weighted by molar-refractivity contribution is 5.79. The van der Waals surface area contributed by atoms with Crippen molar-refractivity contribution in [3.8, 4) is 0 Å². The van der Waals surface area contributed by atoms with Crippen molar-refractivity contribution in [2.75, 3.05) is 19.6 Å². The van der Waals surface area contributed by atoms with Crippen molar-refractivity contribution >= 4 is 11.8 Å². The molecular formula is C14H25N3O2. The molecule has 5 heteroatoms. The Labute approximate surface area is 114 Å². The highest BCUT2D eigenvalue weighted by atomic mass is 16.2. The highest BCUT2D eigenvalue weighted by Gasteiger charge is 2.28. The van der Waals surface area contributed by atoms with E-state index in [9.17, 15) is 9.59 Å². The van der Waals surface area contributed by atoms with Gasteiger partial charge in [0.1, 0.15) is 0 Å². The molecule has 0 bridgehead atoms. The maximum atomic E-state index is 12.2. The van der Waals surface area contributed by atoms with Gasteiger partial charge in [-0.05, 0) is 32.2 Å². The fraction of sp³-hybridized carbons (Fsp3) is 0.857. The van der Waals surface area contributed by atoms with Crippen molar-refractivity contribution < 1.29 is 9.59 Å². The Morgan fingerprint density at radius 1 is 1.11 bits per heavy atom. The molecule has 2 fully saturated rings. The molecule has 1 saturated heterocycles. The van der Waals surface area contributed by atoms with Gasteiger partial charge in [0.25, 0.3) is 0 Å². The summed E-state index contributed by atoms with van der Waals surface area (Å²) in [4.78, 5) is 25.2. The van der Waals surface area contributed by atoms with Crippen molar-refractivity contribution in [3.63, 3.8) is 0 Å². The Hall–Kier alpha value is -1.10. The standard InChI is InChI=1S/C14H25N3O2/c15-13(18)10-17-8-4-5-11(9-17)14(19)16-12-6-2-1-3-7-12/h11-12H,1-10H2,(H2,15,18)(H,16,19)/t11-/m0/s1. The zero-order valence-electron chi connectivity index (χ0n) is 11.6. The van der Waals surface area contributed by atoms with Crippen LogP contribution in [0.15, 0.2) is 0 Å². The minimum Gasteiger partial charge on any atom is -0.369 e. The van der Waals surface area contributed by atoms with Crippen LogP contribution in [0.1, 0.15) is 44.9 Å². The lowest BCUT2D eigenvalue weighted by molar-refractivity contribution is -0.129. The second-order valence-corrected chi connectivity index (χ2v) is 5.88. The third-order valence-electron chi connectivity index (χ3n) is 4.21. The Balaban J connectivity index is 1.79. The largest absolute Gasteiger partial charge is 0.369 e. The molecule has 1 saturated carbocycles. The molecule has 0 aromatic carbocycles. The number of carbonyl (C=O) groups excluding carboxylic acids is 2. The van der Waals surface area contributed by atoms with Gasteiger partial charge in [0.05, 0.1) is 12.5 Å². The SMILES string of the molecule is NC(=O)CN1CCC[C@H](C(=O)NC2CCCCC2)C1. The molecule has 0 aromatic rings. The molecule has 0 unspecified atom stereocenters. The lowest BCUT2D eigenvalue weighted by Gasteiger charge is -2.32. The zero-order valence-corrected chi connectivity index (χ0v) is 11.6. The number of hydrogen-bond donors (Lipinski definition) is 2. The van der Waals surface area contributed by atoms with Crippen LogP contribution in [0.3, 0.4) is 0 Å². The number of nitrogens with zero attached hydrogens (tertiary/aromatic N) is 1. The van der Waals surface area contributed by atoms with Gasteiger partial charge < -0.3 is 11.1 Å². The third kappa shape index (κ3) is 4.49. The predicted octanol–water partition coefficient (Wildman–Crippen LogP) is 0.633. The molecular weight excluding hydrogens is 242 g/mol. The third-order valence-corrected chi connectivity index (χ3v) is 4.21. The highest BCUT2D eigenvalue weighted by Crippen LogP contribution is 2.20. The predicted molar refractivity (Wildman–Crippen MR) is 73.4 cm³/mol. The van der Waals surface area contributed by atoms with Gasteiger partial charge in [0.15, 0.2) is 0 Å². The van der Waals surface area contributed by atoms with Gasteiger partial charge in [-0.25, -0.2) is 0 Å². The molecule has 0 aromatic heterocycles. The minimum absolute atomic E-state index is 0.0232. The van der Waals surface area contributed by atoms with Gasteiger partial charge in [0, 0.05) is 12.6 Å². The number of piperidine rings is 1. The van der Waals surface area contributed by atoms with Crippen molar-refractivity contribution in [2.24, 2.45) is 11.7 Å². The van der Waals surface area contributed by atoms with E-state index in [2.05, 4.69) is 5.32 Å². The van der Waals surface area contributed by atoms with E-state index in [0.717, 1.165) is 32.2 Å². The smallest absolute Gasteiger partial charge is 0.231 e. The Morgan fingerprint density at radius 3 is 2.53 bits per heavy atom. The van der Waals surface area contributed by atoms with Crippen LogP contribution < -0.4 is 11.1 Å². The summed E-state index contributed by atoms with van der Waals surface area (Å²) in [5.74, 6) is -0.121. The molecule has 2 rings (SSSR count). The first kappa shape index (κ1) is 14.3. The number of amides is 2. The second kappa shape index (κ2) is 6.89. The number of nitrogens with two attached hydrogens (primary N) is 1. The molecule has 5 nitrogen and oxygen atoms in total. The normalized spacial score (nSPS) is 26.0. The first-order chi connectivity index (χ1) is 9.15. The van der Waals surface area contributed by atoms with E-state index in [1.165, 1.54) is 19.3 Å². The van der Waals surface area contributed by atoms with Gasteiger partial charge in [-0.15, -0.1) is 0 Å². The second-order valence-electron chi connectivity index (χ2n) is 5.88. The average Bonchev–Trinajstić information content (AvgIpc) is 2.39.